The van der Waals surface area contributed by atoms with Gasteiger partial charge in [0.1, 0.15) is 0 Å². The average Bonchev–Trinajstić information content (AvgIpc) is 2.04. The number of nitrogens with zero attached hydrogens (tertiary/aromatic N) is 1. The molecule has 2 nitrogen and oxygen atoms in total. The first kappa shape index (κ1) is 12.9. The molecule has 0 bridgehead atoms. The Balaban J connectivity index is 3.43. The quantitative estimate of drug-likeness (QED) is 0.610. The van der Waals surface area contributed by atoms with Crippen LogP contribution in [0.15, 0.2) is 0 Å². The van der Waals surface area contributed by atoms with Crippen molar-refractivity contribution in [3.63, 3.8) is 0 Å². The van der Waals surface area contributed by atoms with E-state index in [-0.39, 0.29) is 0 Å². The smallest absolute Gasteiger partial charge is 0.0104 e. The molecule has 0 radical (unpaired) electrons. The molecule has 1 atom stereocenters. The summed E-state index contributed by atoms with van der Waals surface area (Å²) in [6.45, 7) is 13.6. The zero-order valence-corrected chi connectivity index (χ0v) is 9.93. The van der Waals surface area contributed by atoms with Crippen LogP contribution < -0.4 is 5.32 Å². The summed E-state index contributed by atoms with van der Waals surface area (Å²) in [7, 11) is 2.20. The van der Waals surface area contributed by atoms with Crippen LogP contribution in [0.2, 0.25) is 0 Å². The van der Waals surface area contributed by atoms with E-state index in [0.717, 1.165) is 31.5 Å². The highest BCUT2D eigenvalue weighted by molar-refractivity contribution is 4.62. The second-order valence-electron chi connectivity index (χ2n) is 4.34. The molecular formula is C11H26N2. The molecule has 80 valence electrons. The summed E-state index contributed by atoms with van der Waals surface area (Å²) in [6, 6.07) is 0. The maximum absolute atomic E-state index is 3.34. The van der Waals surface area contributed by atoms with Crippen molar-refractivity contribution >= 4 is 0 Å². The third-order valence-electron chi connectivity index (χ3n) is 2.66. The lowest BCUT2D eigenvalue weighted by Crippen LogP contribution is -2.33. The summed E-state index contributed by atoms with van der Waals surface area (Å²) < 4.78 is 0. The Kier molecular flexibility index (Phi) is 7.29. The average molecular weight is 186 g/mol. The van der Waals surface area contributed by atoms with Gasteiger partial charge in [-0.2, -0.15) is 0 Å². The summed E-state index contributed by atoms with van der Waals surface area (Å²) in [5.74, 6) is 1.59. The van der Waals surface area contributed by atoms with E-state index in [1.807, 2.05) is 0 Å². The van der Waals surface area contributed by atoms with Gasteiger partial charge in [-0.1, -0.05) is 27.7 Å². The van der Waals surface area contributed by atoms with Crippen molar-refractivity contribution in [2.45, 2.75) is 27.7 Å². The molecule has 13 heavy (non-hydrogen) atoms. The zero-order chi connectivity index (χ0) is 10.3. The predicted octanol–water partition coefficient (Wildman–Crippen LogP) is 1.82. The first-order valence-electron chi connectivity index (χ1n) is 5.47. The second kappa shape index (κ2) is 7.34. The minimum absolute atomic E-state index is 0.793. The van der Waals surface area contributed by atoms with Gasteiger partial charge in [-0.05, 0) is 25.4 Å². The van der Waals surface area contributed by atoms with E-state index in [2.05, 4.69) is 45.0 Å². The Morgan fingerprint density at radius 3 is 2.31 bits per heavy atom. The monoisotopic (exact) mass is 186 g/mol. The minimum Gasteiger partial charge on any atom is -0.316 e. The van der Waals surface area contributed by atoms with E-state index >= 15 is 0 Å². The van der Waals surface area contributed by atoms with Gasteiger partial charge < -0.3 is 10.2 Å². The van der Waals surface area contributed by atoms with Crippen molar-refractivity contribution in [1.29, 1.82) is 0 Å². The van der Waals surface area contributed by atoms with Crippen molar-refractivity contribution in [2.24, 2.45) is 11.8 Å². The number of hydrogen-bond donors (Lipinski definition) is 1. The van der Waals surface area contributed by atoms with Gasteiger partial charge in [-0.3, -0.25) is 0 Å². The Hall–Kier alpha value is -0.0800. The molecule has 0 aliphatic carbocycles. The Labute approximate surface area is 83.7 Å². The van der Waals surface area contributed by atoms with E-state index in [9.17, 15) is 0 Å². The van der Waals surface area contributed by atoms with E-state index in [1.165, 1.54) is 6.54 Å². The van der Waals surface area contributed by atoms with Gasteiger partial charge in [-0.15, -0.1) is 0 Å². The maximum Gasteiger partial charge on any atom is 0.0104 e. The fourth-order valence-corrected chi connectivity index (χ4v) is 1.24. The molecule has 0 aliphatic heterocycles. The molecule has 1 unspecified atom stereocenters. The molecule has 0 aromatic rings. The lowest BCUT2D eigenvalue weighted by Gasteiger charge is -2.23. The summed E-state index contributed by atoms with van der Waals surface area (Å²) in [5, 5.41) is 3.34. The first-order valence-corrected chi connectivity index (χ1v) is 5.47. The van der Waals surface area contributed by atoms with Gasteiger partial charge in [0.2, 0.25) is 0 Å². The maximum atomic E-state index is 3.34. The summed E-state index contributed by atoms with van der Waals surface area (Å²) in [5.41, 5.74) is 0. The van der Waals surface area contributed by atoms with Gasteiger partial charge in [0.15, 0.2) is 0 Å². The number of likely N-dealkylation sites (N-methyl/N-ethyl adjacent to an activating group) is 2. The van der Waals surface area contributed by atoms with E-state index in [1.54, 1.807) is 0 Å². The van der Waals surface area contributed by atoms with Crippen molar-refractivity contribution in [3.8, 4) is 0 Å². The first-order chi connectivity index (χ1) is 6.07. The van der Waals surface area contributed by atoms with Crippen LogP contribution in [-0.2, 0) is 0 Å². The largest absolute Gasteiger partial charge is 0.316 e. The van der Waals surface area contributed by atoms with Crippen LogP contribution in [0.1, 0.15) is 27.7 Å². The standard InChI is InChI=1S/C11H26N2/c1-6-12-7-8-13(5)9-11(4)10(2)3/h10-12H,6-9H2,1-5H3. The van der Waals surface area contributed by atoms with E-state index in [0.29, 0.717) is 0 Å². The lowest BCUT2D eigenvalue weighted by atomic mass is 9.98. The van der Waals surface area contributed by atoms with Gasteiger partial charge >= 0.3 is 0 Å². The van der Waals surface area contributed by atoms with Crippen LogP contribution in [0.5, 0.6) is 0 Å². The molecule has 2 heteroatoms. The van der Waals surface area contributed by atoms with Crippen molar-refractivity contribution < 1.29 is 0 Å². The minimum atomic E-state index is 0.793. The lowest BCUT2D eigenvalue weighted by molar-refractivity contribution is 0.250. The summed E-state index contributed by atoms with van der Waals surface area (Å²) in [4.78, 5) is 2.41. The highest BCUT2D eigenvalue weighted by atomic mass is 15.1. The van der Waals surface area contributed by atoms with Crippen LogP contribution in [-0.4, -0.2) is 38.1 Å². The molecule has 0 amide bonds. The number of hydrogen-bond acceptors (Lipinski definition) is 2. The Morgan fingerprint density at radius 2 is 1.85 bits per heavy atom. The highest BCUT2D eigenvalue weighted by Gasteiger charge is 2.09. The van der Waals surface area contributed by atoms with Crippen molar-refractivity contribution in [3.05, 3.63) is 0 Å². The molecule has 0 aromatic heterocycles. The zero-order valence-electron chi connectivity index (χ0n) is 9.93. The molecule has 0 fully saturated rings. The van der Waals surface area contributed by atoms with Crippen LogP contribution in [0.4, 0.5) is 0 Å². The molecule has 0 heterocycles. The van der Waals surface area contributed by atoms with Gasteiger partial charge in [-0.25, -0.2) is 0 Å². The normalized spacial score (nSPS) is 14.1. The molecule has 1 N–H and O–H groups in total. The third-order valence-corrected chi connectivity index (χ3v) is 2.66. The van der Waals surface area contributed by atoms with E-state index < -0.39 is 0 Å². The molecular weight excluding hydrogens is 160 g/mol. The van der Waals surface area contributed by atoms with Crippen LogP contribution in [0, 0.1) is 11.8 Å². The third kappa shape index (κ3) is 7.03. The van der Waals surface area contributed by atoms with Gasteiger partial charge in [0.05, 0.1) is 0 Å². The van der Waals surface area contributed by atoms with Gasteiger partial charge in [0, 0.05) is 19.6 Å². The van der Waals surface area contributed by atoms with Crippen molar-refractivity contribution in [1.82, 2.24) is 10.2 Å². The van der Waals surface area contributed by atoms with Crippen LogP contribution in [0.3, 0.4) is 0 Å². The highest BCUT2D eigenvalue weighted by Crippen LogP contribution is 2.09. The predicted molar refractivity (Wildman–Crippen MR) is 60.0 cm³/mol. The SMILES string of the molecule is CCNCCN(C)CC(C)C(C)C. The van der Waals surface area contributed by atoms with Gasteiger partial charge in [0.25, 0.3) is 0 Å². The Bertz CT molecular complexity index is 113. The summed E-state index contributed by atoms with van der Waals surface area (Å²) in [6.07, 6.45) is 0. The van der Waals surface area contributed by atoms with E-state index in [4.69, 9.17) is 0 Å². The summed E-state index contributed by atoms with van der Waals surface area (Å²) >= 11 is 0. The van der Waals surface area contributed by atoms with Crippen LogP contribution >= 0.6 is 0 Å². The molecule has 0 aromatic carbocycles. The topological polar surface area (TPSA) is 15.3 Å². The van der Waals surface area contributed by atoms with Crippen LogP contribution in [0.25, 0.3) is 0 Å². The Morgan fingerprint density at radius 1 is 1.23 bits per heavy atom. The number of nitrogens with one attached hydrogen (secondary N) is 1. The fourth-order valence-electron chi connectivity index (χ4n) is 1.24. The number of rotatable bonds is 7. The molecule has 0 spiro atoms. The molecule has 0 aliphatic rings. The fraction of sp³-hybridized carbons (Fsp3) is 1.00. The molecule has 0 rings (SSSR count). The molecule has 0 saturated heterocycles. The second-order valence-corrected chi connectivity index (χ2v) is 4.34. The molecule has 0 saturated carbocycles. The van der Waals surface area contributed by atoms with Crippen molar-refractivity contribution in [2.75, 3.05) is 33.2 Å².